The molecular formula is C5H8O7P-. The van der Waals surface area contributed by atoms with Gasteiger partial charge in [0.1, 0.15) is 18.3 Å². The van der Waals surface area contributed by atoms with Gasteiger partial charge in [-0.05, 0) is 0 Å². The topological polar surface area (TPSA) is 108 Å². The highest BCUT2D eigenvalue weighted by molar-refractivity contribution is 7.46. The van der Waals surface area contributed by atoms with Crippen LogP contribution in [0.3, 0.4) is 0 Å². The van der Waals surface area contributed by atoms with Crippen LogP contribution in [0.5, 0.6) is 0 Å². The zero-order valence-corrected chi connectivity index (χ0v) is 7.29. The molecule has 2 N–H and O–H groups in total. The summed E-state index contributed by atoms with van der Waals surface area (Å²) in [4.78, 5) is 10.8. The number of hydrogen-bond donors (Lipinski definition) is 2. The number of rotatable bonds is 1. The van der Waals surface area contributed by atoms with E-state index in [1.54, 1.807) is 0 Å². The third-order valence-corrected chi connectivity index (χ3v) is 2.92. The van der Waals surface area contributed by atoms with E-state index in [0.717, 1.165) is 0 Å². The molecule has 2 rings (SSSR count). The summed E-state index contributed by atoms with van der Waals surface area (Å²) in [6.45, 7) is -0.429. The summed E-state index contributed by atoms with van der Waals surface area (Å²) in [5.74, 6) is 0. The van der Waals surface area contributed by atoms with Crippen LogP contribution in [-0.2, 0) is 18.3 Å². The Morgan fingerprint density at radius 3 is 2.77 bits per heavy atom. The van der Waals surface area contributed by atoms with E-state index in [-0.39, 0.29) is 0 Å². The molecule has 0 aromatic carbocycles. The SMILES string of the molecule is O=P1([O-])OC2O[C@H](CO)[C@@H](O1)[C@H]2O. The molecule has 76 valence electrons. The third-order valence-electron chi connectivity index (χ3n) is 1.95. The summed E-state index contributed by atoms with van der Waals surface area (Å²) in [5, 5.41) is 18.0. The Balaban J connectivity index is 2.20. The first kappa shape index (κ1) is 9.54. The van der Waals surface area contributed by atoms with Crippen molar-refractivity contribution in [1.29, 1.82) is 0 Å². The lowest BCUT2D eigenvalue weighted by Gasteiger charge is -2.33. The highest BCUT2D eigenvalue weighted by Crippen LogP contribution is 2.51. The lowest BCUT2D eigenvalue weighted by molar-refractivity contribution is -0.259. The van der Waals surface area contributed by atoms with Crippen LogP contribution in [-0.4, -0.2) is 41.4 Å². The fourth-order valence-electron chi connectivity index (χ4n) is 1.37. The van der Waals surface area contributed by atoms with Gasteiger partial charge in [-0.2, -0.15) is 0 Å². The molecule has 2 bridgehead atoms. The van der Waals surface area contributed by atoms with E-state index in [2.05, 4.69) is 9.05 Å². The van der Waals surface area contributed by atoms with E-state index >= 15 is 0 Å². The second-order valence-corrected chi connectivity index (χ2v) is 4.15. The summed E-state index contributed by atoms with van der Waals surface area (Å²) >= 11 is 0. The smallest absolute Gasteiger partial charge is 0.270 e. The number of phosphoric acid groups is 1. The average molecular weight is 211 g/mol. The molecule has 2 aliphatic rings. The van der Waals surface area contributed by atoms with Gasteiger partial charge in [0, 0.05) is 0 Å². The van der Waals surface area contributed by atoms with Crippen molar-refractivity contribution in [1.82, 2.24) is 0 Å². The average Bonchev–Trinajstić information content (AvgIpc) is 2.27. The van der Waals surface area contributed by atoms with Gasteiger partial charge in [-0.25, -0.2) is 0 Å². The van der Waals surface area contributed by atoms with Gasteiger partial charge in [0.2, 0.25) is 0 Å². The highest BCUT2D eigenvalue weighted by Gasteiger charge is 2.51. The minimum atomic E-state index is -4.37. The molecule has 8 heteroatoms. The summed E-state index contributed by atoms with van der Waals surface area (Å²) in [5.41, 5.74) is 0. The fraction of sp³-hybridized carbons (Fsp3) is 1.00. The largest absolute Gasteiger partial charge is 0.756 e. The van der Waals surface area contributed by atoms with Crippen molar-refractivity contribution in [2.75, 3.05) is 6.61 Å². The molecule has 0 aromatic heterocycles. The number of fused-ring (bicyclic) bond motifs is 2. The van der Waals surface area contributed by atoms with Gasteiger partial charge in [0.15, 0.2) is 6.29 Å². The maximum Gasteiger partial charge on any atom is 0.270 e. The maximum absolute atomic E-state index is 10.8. The second-order valence-electron chi connectivity index (χ2n) is 2.84. The van der Waals surface area contributed by atoms with E-state index in [4.69, 9.17) is 9.84 Å². The standard InChI is InChI=1S/C5H9O7P/c6-1-2-4-3(7)5(10-2)12-13(8,9)11-4/h2-7H,1H2,(H,8,9)/p-1/t2-,3-,4-,5?/m1/s1. The van der Waals surface area contributed by atoms with Crippen LogP contribution in [0.25, 0.3) is 0 Å². The van der Waals surface area contributed by atoms with Crippen molar-refractivity contribution in [2.24, 2.45) is 0 Å². The molecule has 2 aliphatic heterocycles. The van der Waals surface area contributed by atoms with Gasteiger partial charge in [0.05, 0.1) is 6.61 Å². The van der Waals surface area contributed by atoms with Crippen LogP contribution >= 0.6 is 7.82 Å². The molecule has 7 nitrogen and oxygen atoms in total. The lowest BCUT2D eigenvalue weighted by atomic mass is 10.1. The van der Waals surface area contributed by atoms with Gasteiger partial charge in [-0.3, -0.25) is 9.09 Å². The number of aliphatic hydroxyl groups excluding tert-OH is 2. The molecule has 0 aliphatic carbocycles. The highest BCUT2D eigenvalue weighted by atomic mass is 31.2. The zero-order chi connectivity index (χ0) is 9.64. The summed E-state index contributed by atoms with van der Waals surface area (Å²) in [7, 11) is -4.37. The first-order valence-corrected chi connectivity index (χ1v) is 5.12. The molecule has 0 radical (unpaired) electrons. The number of phosphoric ester groups is 1. The van der Waals surface area contributed by atoms with Gasteiger partial charge < -0.3 is 24.4 Å². The number of aliphatic hydroxyl groups is 2. The van der Waals surface area contributed by atoms with Gasteiger partial charge in [-0.15, -0.1) is 0 Å². The third kappa shape index (κ3) is 1.53. The van der Waals surface area contributed by atoms with Crippen LogP contribution in [0.2, 0.25) is 0 Å². The molecular weight excluding hydrogens is 203 g/mol. The Hall–Kier alpha value is -0.0100. The summed E-state index contributed by atoms with van der Waals surface area (Å²) in [6.07, 6.45) is -4.34. The van der Waals surface area contributed by atoms with E-state index in [9.17, 15) is 14.6 Å². The Labute approximate surface area is 73.5 Å². The Kier molecular flexibility index (Phi) is 2.20. The molecule has 2 unspecified atom stereocenters. The molecule has 2 heterocycles. The minimum Gasteiger partial charge on any atom is -0.756 e. The summed E-state index contributed by atoms with van der Waals surface area (Å²) < 4.78 is 24.4. The van der Waals surface area contributed by atoms with Crippen LogP contribution in [0.15, 0.2) is 0 Å². The zero-order valence-electron chi connectivity index (χ0n) is 6.40. The molecule has 0 amide bonds. The molecule has 0 saturated carbocycles. The normalized spacial score (nSPS) is 55.3. The second kappa shape index (κ2) is 2.99. The predicted molar refractivity (Wildman–Crippen MR) is 35.3 cm³/mol. The number of hydrogen-bond acceptors (Lipinski definition) is 7. The van der Waals surface area contributed by atoms with Crippen LogP contribution in [0.4, 0.5) is 0 Å². The molecule has 0 spiro atoms. The first-order valence-electron chi connectivity index (χ1n) is 3.66. The monoisotopic (exact) mass is 211 g/mol. The van der Waals surface area contributed by atoms with Crippen molar-refractivity contribution >= 4 is 7.82 Å². The van der Waals surface area contributed by atoms with Crippen molar-refractivity contribution in [3.63, 3.8) is 0 Å². The van der Waals surface area contributed by atoms with E-state index < -0.39 is 39.0 Å². The first-order chi connectivity index (χ1) is 6.03. The van der Waals surface area contributed by atoms with Gasteiger partial charge in [-0.1, -0.05) is 0 Å². The molecule has 5 atom stereocenters. The van der Waals surface area contributed by atoms with Crippen LogP contribution in [0, 0.1) is 0 Å². The van der Waals surface area contributed by atoms with Crippen molar-refractivity contribution in [2.45, 2.75) is 24.6 Å². The van der Waals surface area contributed by atoms with E-state index in [1.165, 1.54) is 0 Å². The van der Waals surface area contributed by atoms with Crippen molar-refractivity contribution < 1.29 is 33.5 Å². The van der Waals surface area contributed by atoms with Gasteiger partial charge >= 0.3 is 0 Å². The Morgan fingerprint density at radius 2 is 2.15 bits per heavy atom. The summed E-state index contributed by atoms with van der Waals surface area (Å²) in [6, 6.07) is 0. The van der Waals surface area contributed by atoms with E-state index in [1.807, 2.05) is 0 Å². The minimum absolute atomic E-state index is 0.429. The molecule has 13 heavy (non-hydrogen) atoms. The lowest BCUT2D eigenvalue weighted by Crippen LogP contribution is -2.41. The fourth-order valence-corrected chi connectivity index (χ4v) is 2.41. The van der Waals surface area contributed by atoms with Crippen molar-refractivity contribution in [3.8, 4) is 0 Å². The number of ether oxygens (including phenoxy) is 1. The predicted octanol–water partition coefficient (Wildman–Crippen LogP) is -2.05. The van der Waals surface area contributed by atoms with E-state index in [0.29, 0.717) is 0 Å². The van der Waals surface area contributed by atoms with Crippen LogP contribution in [0.1, 0.15) is 0 Å². The quantitative estimate of drug-likeness (QED) is 0.480. The molecule has 2 fully saturated rings. The molecule has 2 saturated heterocycles. The Bertz CT molecular complexity index is 255. The molecule has 0 aromatic rings. The Morgan fingerprint density at radius 1 is 1.46 bits per heavy atom. The van der Waals surface area contributed by atoms with Crippen molar-refractivity contribution in [3.05, 3.63) is 0 Å². The van der Waals surface area contributed by atoms with Gasteiger partial charge in [0.25, 0.3) is 7.82 Å². The maximum atomic E-state index is 10.8. The van der Waals surface area contributed by atoms with Crippen LogP contribution < -0.4 is 4.89 Å².